The van der Waals surface area contributed by atoms with Crippen molar-refractivity contribution < 1.29 is 9.84 Å². The van der Waals surface area contributed by atoms with Gasteiger partial charge in [-0.3, -0.25) is 0 Å². The highest BCUT2D eigenvalue weighted by atomic mass is 16.4. The van der Waals surface area contributed by atoms with Crippen molar-refractivity contribution in [1.82, 2.24) is 5.32 Å². The van der Waals surface area contributed by atoms with Crippen LogP contribution in [0.5, 0.6) is 0 Å². The van der Waals surface area contributed by atoms with Crippen LogP contribution >= 0.6 is 0 Å². The van der Waals surface area contributed by atoms with Crippen molar-refractivity contribution in [2.45, 2.75) is 46.6 Å². The van der Waals surface area contributed by atoms with Gasteiger partial charge < -0.3 is 26.6 Å². The number of aliphatic hydroxyl groups excluding tert-OH is 1. The Morgan fingerprint density at radius 2 is 1.74 bits per heavy atom. The number of nitrogens with two attached hydrogens (primary N) is 2. The number of anilines is 1. The van der Waals surface area contributed by atoms with Crippen LogP contribution in [0.25, 0.3) is 6.08 Å². The van der Waals surface area contributed by atoms with E-state index >= 15 is 0 Å². The van der Waals surface area contributed by atoms with Crippen LogP contribution in [-0.4, -0.2) is 39.0 Å². The average Bonchev–Trinajstić information content (AvgIpc) is 2.76. The lowest BCUT2D eigenvalue weighted by Crippen LogP contribution is -2.22. The molecule has 0 bridgehead atoms. The summed E-state index contributed by atoms with van der Waals surface area (Å²) in [6.07, 6.45) is 3.48. The number of nitrogens with one attached hydrogen (secondary N) is 1. The van der Waals surface area contributed by atoms with E-state index in [9.17, 15) is 5.11 Å². The molecular formula is C26H43N3O2. The van der Waals surface area contributed by atoms with Crippen LogP contribution in [0, 0.1) is 6.92 Å². The zero-order chi connectivity index (χ0) is 23.6. The summed E-state index contributed by atoms with van der Waals surface area (Å²) in [5.41, 5.74) is 17.2. The molecule has 2 aromatic carbocycles. The van der Waals surface area contributed by atoms with E-state index in [-0.39, 0.29) is 0 Å². The lowest BCUT2D eigenvalue weighted by molar-refractivity contribution is 0.216. The molecule has 1 atom stereocenters. The van der Waals surface area contributed by atoms with Crippen LogP contribution < -0.4 is 16.8 Å². The van der Waals surface area contributed by atoms with E-state index in [0.29, 0.717) is 0 Å². The number of ether oxygens (including phenoxy) is 1. The van der Waals surface area contributed by atoms with Crippen LogP contribution in [0.1, 0.15) is 55.5 Å². The first kappa shape index (κ1) is 28.8. The molecule has 0 aliphatic heterocycles. The van der Waals surface area contributed by atoms with E-state index in [2.05, 4.69) is 23.9 Å². The van der Waals surface area contributed by atoms with E-state index in [1.807, 2.05) is 62.4 Å². The maximum Gasteiger partial charge on any atom is 0.100 e. The highest BCUT2D eigenvalue weighted by Crippen LogP contribution is 2.28. The summed E-state index contributed by atoms with van der Waals surface area (Å²) in [4.78, 5) is 0. The Hall–Kier alpha value is -2.18. The third kappa shape index (κ3) is 11.1. The fourth-order valence-corrected chi connectivity index (χ4v) is 2.93. The van der Waals surface area contributed by atoms with Crippen LogP contribution in [0.2, 0.25) is 0 Å². The second-order valence-electron chi connectivity index (χ2n) is 7.37. The molecule has 0 saturated heterocycles. The first-order chi connectivity index (χ1) is 14.9. The van der Waals surface area contributed by atoms with Crippen molar-refractivity contribution in [3.63, 3.8) is 0 Å². The quantitative estimate of drug-likeness (QED) is 0.367. The number of para-hydroxylation sites is 1. The predicted octanol–water partition coefficient (Wildman–Crippen LogP) is 4.48. The van der Waals surface area contributed by atoms with Crippen LogP contribution in [-0.2, 0) is 11.2 Å². The van der Waals surface area contributed by atoms with Crippen molar-refractivity contribution in [3.05, 3.63) is 70.3 Å². The van der Waals surface area contributed by atoms with Gasteiger partial charge in [0.15, 0.2) is 0 Å². The third-order valence-corrected chi connectivity index (χ3v) is 4.66. The summed E-state index contributed by atoms with van der Waals surface area (Å²) in [5, 5.41) is 13.7. The summed E-state index contributed by atoms with van der Waals surface area (Å²) < 4.78 is 4.25. The number of hydrogen-bond donors (Lipinski definition) is 4. The molecule has 0 aliphatic rings. The number of benzene rings is 2. The molecule has 5 nitrogen and oxygen atoms in total. The van der Waals surface area contributed by atoms with E-state index < -0.39 is 6.10 Å². The Morgan fingerprint density at radius 1 is 1.10 bits per heavy atom. The average molecular weight is 430 g/mol. The number of rotatable bonds is 8. The number of methoxy groups -OCH3 is 1. The summed E-state index contributed by atoms with van der Waals surface area (Å²) in [6.45, 7) is 11.0. The Balaban J connectivity index is 0.000000756. The van der Waals surface area contributed by atoms with Crippen molar-refractivity contribution in [2.24, 2.45) is 5.73 Å². The Kier molecular flexibility index (Phi) is 16.3. The second-order valence-corrected chi connectivity index (χ2v) is 7.37. The first-order valence-electron chi connectivity index (χ1n) is 11.0. The zero-order valence-electron chi connectivity index (χ0n) is 20.2. The van der Waals surface area contributed by atoms with Crippen molar-refractivity contribution in [1.29, 1.82) is 0 Å². The maximum atomic E-state index is 10.5. The molecule has 0 amide bonds. The predicted molar refractivity (Wildman–Crippen MR) is 135 cm³/mol. The molecule has 5 heteroatoms. The van der Waals surface area contributed by atoms with Crippen molar-refractivity contribution in [2.75, 3.05) is 39.6 Å². The van der Waals surface area contributed by atoms with E-state index in [1.54, 1.807) is 14.2 Å². The molecule has 2 aromatic rings. The van der Waals surface area contributed by atoms with Crippen LogP contribution in [0.4, 0.5) is 5.69 Å². The molecule has 0 aromatic heterocycles. The number of aryl methyl sites for hydroxylation is 2. The van der Waals surface area contributed by atoms with Gasteiger partial charge in [0.2, 0.25) is 0 Å². The SMILES string of the molecule is CCCNCCN.CCc1cccc(/C=C(\C)C(O)c2ccccc2C)c1N.COC. The molecule has 0 aliphatic carbocycles. The standard InChI is InChI=1S/C19H23NO.C5H14N2.C2H6O/c1-4-15-9-7-10-16(18(15)20)12-14(3)19(21)17-11-6-5-8-13(17)2;1-2-4-7-5-3-6;1-3-2/h5-12,19,21H,4,20H2,1-3H3;7H,2-6H2,1H3;1-2H3/b14-12+;;. The highest BCUT2D eigenvalue weighted by Gasteiger charge is 2.12. The van der Waals surface area contributed by atoms with Crippen molar-refractivity contribution >= 4 is 11.8 Å². The minimum absolute atomic E-state index is 0.601. The normalized spacial score (nSPS) is 11.7. The van der Waals surface area contributed by atoms with Gasteiger partial charge in [-0.1, -0.05) is 62.4 Å². The largest absolute Gasteiger partial charge is 0.398 e. The summed E-state index contributed by atoms with van der Waals surface area (Å²) in [5.74, 6) is 0. The molecule has 6 N–H and O–H groups in total. The molecule has 1 unspecified atom stereocenters. The summed E-state index contributed by atoms with van der Waals surface area (Å²) >= 11 is 0. The monoisotopic (exact) mass is 429 g/mol. The topological polar surface area (TPSA) is 93.5 Å². The van der Waals surface area contributed by atoms with Gasteiger partial charge in [-0.05, 0) is 61.1 Å². The summed E-state index contributed by atoms with van der Waals surface area (Å²) in [7, 11) is 3.25. The van der Waals surface area contributed by atoms with Gasteiger partial charge in [0.25, 0.3) is 0 Å². The second kappa shape index (κ2) is 17.5. The van der Waals surface area contributed by atoms with Gasteiger partial charge in [0.1, 0.15) is 6.10 Å². The van der Waals surface area contributed by atoms with Gasteiger partial charge in [-0.15, -0.1) is 0 Å². The highest BCUT2D eigenvalue weighted by molar-refractivity contribution is 5.69. The van der Waals surface area contributed by atoms with Gasteiger partial charge in [0, 0.05) is 33.0 Å². The van der Waals surface area contributed by atoms with E-state index in [1.165, 1.54) is 6.42 Å². The maximum absolute atomic E-state index is 10.5. The molecule has 0 saturated carbocycles. The van der Waals surface area contributed by atoms with Gasteiger partial charge >= 0.3 is 0 Å². The van der Waals surface area contributed by atoms with E-state index in [0.717, 1.165) is 59.6 Å². The molecular weight excluding hydrogens is 386 g/mol. The minimum Gasteiger partial charge on any atom is -0.398 e. The number of nitrogen functional groups attached to an aromatic ring is 1. The first-order valence-corrected chi connectivity index (χ1v) is 11.0. The molecule has 0 radical (unpaired) electrons. The number of hydrogen-bond acceptors (Lipinski definition) is 5. The fraction of sp³-hybridized carbons (Fsp3) is 0.462. The smallest absolute Gasteiger partial charge is 0.100 e. The molecule has 31 heavy (non-hydrogen) atoms. The molecule has 0 fully saturated rings. The molecule has 2 rings (SSSR count). The van der Waals surface area contributed by atoms with Crippen LogP contribution in [0.15, 0.2) is 48.0 Å². The van der Waals surface area contributed by atoms with Crippen LogP contribution in [0.3, 0.4) is 0 Å². The molecule has 174 valence electrons. The lowest BCUT2D eigenvalue weighted by atomic mass is 9.96. The fourth-order valence-electron chi connectivity index (χ4n) is 2.93. The number of aliphatic hydroxyl groups is 1. The Morgan fingerprint density at radius 3 is 2.29 bits per heavy atom. The Bertz CT molecular complexity index is 756. The van der Waals surface area contributed by atoms with E-state index in [4.69, 9.17) is 11.5 Å². The van der Waals surface area contributed by atoms with Gasteiger partial charge in [-0.25, -0.2) is 0 Å². The van der Waals surface area contributed by atoms with Gasteiger partial charge in [0.05, 0.1) is 0 Å². The minimum atomic E-state index is -0.601. The zero-order valence-corrected chi connectivity index (χ0v) is 20.2. The third-order valence-electron chi connectivity index (χ3n) is 4.66. The Labute approximate surface area is 189 Å². The van der Waals surface area contributed by atoms with Gasteiger partial charge in [-0.2, -0.15) is 0 Å². The summed E-state index contributed by atoms with van der Waals surface area (Å²) in [6, 6.07) is 13.9. The van der Waals surface area contributed by atoms with Crippen molar-refractivity contribution in [3.8, 4) is 0 Å². The molecule has 0 heterocycles. The lowest BCUT2D eigenvalue weighted by Gasteiger charge is -2.15. The molecule has 0 spiro atoms.